The predicted molar refractivity (Wildman–Crippen MR) is 92.9 cm³/mol. The maximum Gasteiger partial charge on any atom is 0.172 e. The number of hydrogen-bond acceptors (Lipinski definition) is 5. The van der Waals surface area contributed by atoms with Crippen molar-refractivity contribution >= 4 is 28.7 Å². The van der Waals surface area contributed by atoms with E-state index in [4.69, 9.17) is 21.1 Å². The van der Waals surface area contributed by atoms with Gasteiger partial charge in [0.05, 0.1) is 26.2 Å². The van der Waals surface area contributed by atoms with Crippen LogP contribution in [0.25, 0.3) is 5.57 Å². The summed E-state index contributed by atoms with van der Waals surface area (Å²) in [6.07, 6.45) is 1.93. The summed E-state index contributed by atoms with van der Waals surface area (Å²) in [6.45, 7) is 3.01. The van der Waals surface area contributed by atoms with E-state index in [-0.39, 0.29) is 24.4 Å². The second-order valence-corrected chi connectivity index (χ2v) is 6.02. The Labute approximate surface area is 147 Å². The van der Waals surface area contributed by atoms with Gasteiger partial charge in [0.2, 0.25) is 0 Å². The van der Waals surface area contributed by atoms with Crippen LogP contribution in [0, 0.1) is 0 Å². The molecule has 0 amide bonds. The first-order valence-electron chi connectivity index (χ1n) is 7.93. The molecule has 1 heterocycles. The van der Waals surface area contributed by atoms with Crippen molar-refractivity contribution in [3.8, 4) is 0 Å². The number of ether oxygens (including phenoxy) is 2. The molecule has 1 fully saturated rings. The molecule has 0 aliphatic carbocycles. The van der Waals surface area contributed by atoms with E-state index in [1.165, 1.54) is 7.11 Å². The number of carbonyl (C=O) groups is 2. The van der Waals surface area contributed by atoms with Gasteiger partial charge >= 0.3 is 0 Å². The third-order valence-corrected chi connectivity index (χ3v) is 3.97. The molecule has 0 radical (unpaired) electrons. The summed E-state index contributed by atoms with van der Waals surface area (Å²) in [5, 5.41) is 0.555. The molecule has 1 aliphatic heterocycles. The van der Waals surface area contributed by atoms with Crippen molar-refractivity contribution in [2.75, 3.05) is 40.0 Å². The lowest BCUT2D eigenvalue weighted by atomic mass is 9.98. The molecule has 5 nitrogen and oxygen atoms in total. The Hall–Kier alpha value is -1.69. The average molecular weight is 352 g/mol. The number of Topliss-reactive ketones (excluding diaryl/α,β-unsaturated/α-hetero) is 2. The number of hydrogen-bond donors (Lipinski definition) is 0. The van der Waals surface area contributed by atoms with E-state index in [1.807, 2.05) is 17.2 Å². The van der Waals surface area contributed by atoms with Crippen molar-refractivity contribution in [3.63, 3.8) is 0 Å². The van der Waals surface area contributed by atoms with Gasteiger partial charge in [-0.3, -0.25) is 9.59 Å². The minimum atomic E-state index is -0.204. The fourth-order valence-electron chi connectivity index (χ4n) is 2.43. The molecule has 1 aliphatic rings. The molecule has 0 spiro atoms. The number of allylic oxidation sites excluding steroid dienone is 1. The first kappa shape index (κ1) is 18.6. The largest absolute Gasteiger partial charge is 0.384 e. The molecule has 0 N–H and O–H groups in total. The van der Waals surface area contributed by atoms with Crippen LogP contribution in [0.4, 0.5) is 0 Å². The molecule has 1 aromatic carbocycles. The Morgan fingerprint density at radius 1 is 1.33 bits per heavy atom. The molecule has 0 saturated carbocycles. The topological polar surface area (TPSA) is 55.8 Å². The quantitative estimate of drug-likeness (QED) is 0.532. The molecule has 2 rings (SSSR count). The zero-order valence-corrected chi connectivity index (χ0v) is 14.6. The van der Waals surface area contributed by atoms with Gasteiger partial charge in [-0.15, -0.1) is 0 Å². The van der Waals surface area contributed by atoms with E-state index in [9.17, 15) is 9.59 Å². The minimum absolute atomic E-state index is 0.128. The number of nitrogens with zero attached hydrogens (tertiary/aromatic N) is 1. The van der Waals surface area contributed by atoms with Crippen LogP contribution in [-0.4, -0.2) is 56.5 Å². The lowest BCUT2D eigenvalue weighted by Crippen LogP contribution is -2.32. The molecule has 1 aromatic rings. The number of morpholine rings is 1. The molecule has 130 valence electrons. The van der Waals surface area contributed by atoms with E-state index in [0.717, 1.165) is 18.7 Å². The second kappa shape index (κ2) is 9.57. The van der Waals surface area contributed by atoms with Crippen LogP contribution in [0.15, 0.2) is 30.5 Å². The number of halogens is 1. The van der Waals surface area contributed by atoms with Crippen LogP contribution >= 0.6 is 11.6 Å². The van der Waals surface area contributed by atoms with Gasteiger partial charge in [-0.2, -0.15) is 0 Å². The highest BCUT2D eigenvalue weighted by Crippen LogP contribution is 2.22. The average Bonchev–Trinajstić information content (AvgIpc) is 2.58. The summed E-state index contributed by atoms with van der Waals surface area (Å²) >= 11 is 6.06. The maximum atomic E-state index is 12.7. The van der Waals surface area contributed by atoms with Crippen LogP contribution in [0.5, 0.6) is 0 Å². The Morgan fingerprint density at radius 2 is 2.08 bits per heavy atom. The van der Waals surface area contributed by atoms with E-state index in [2.05, 4.69) is 0 Å². The molecule has 0 atom stereocenters. The number of carbonyl (C=O) groups excluding carboxylic acids is 2. The molecular weight excluding hydrogens is 330 g/mol. The Bertz CT molecular complexity index is 609. The van der Waals surface area contributed by atoms with Crippen LogP contribution < -0.4 is 0 Å². The molecular formula is C18H22ClNO4. The zero-order chi connectivity index (χ0) is 17.4. The normalized spacial score (nSPS) is 15.4. The Kier molecular flexibility index (Phi) is 7.43. The van der Waals surface area contributed by atoms with Gasteiger partial charge in [-0.1, -0.05) is 23.7 Å². The van der Waals surface area contributed by atoms with Gasteiger partial charge < -0.3 is 14.4 Å². The molecule has 0 aromatic heterocycles. The van der Waals surface area contributed by atoms with Crippen molar-refractivity contribution < 1.29 is 19.1 Å². The SMILES string of the molecule is COCCC(=O)CC(=O)C(=CN1CCOCC1)c1cccc(Cl)c1. The first-order chi connectivity index (χ1) is 11.6. The standard InChI is InChI=1S/C18H22ClNO4/c1-23-8-5-16(21)12-18(22)17(13-20-6-9-24-10-7-20)14-3-2-4-15(19)11-14/h2-4,11,13H,5-10,12H2,1H3. The van der Waals surface area contributed by atoms with Gasteiger partial charge in [-0.25, -0.2) is 0 Å². The zero-order valence-electron chi connectivity index (χ0n) is 13.8. The third kappa shape index (κ3) is 5.74. The van der Waals surface area contributed by atoms with Crippen molar-refractivity contribution in [1.29, 1.82) is 0 Å². The van der Waals surface area contributed by atoms with Gasteiger partial charge in [0.15, 0.2) is 5.78 Å². The van der Waals surface area contributed by atoms with Crippen LogP contribution in [0.1, 0.15) is 18.4 Å². The van der Waals surface area contributed by atoms with E-state index in [1.54, 1.807) is 18.2 Å². The lowest BCUT2D eigenvalue weighted by molar-refractivity contribution is -0.124. The number of rotatable bonds is 8. The van der Waals surface area contributed by atoms with Crippen LogP contribution in [-0.2, 0) is 19.1 Å². The third-order valence-electron chi connectivity index (χ3n) is 3.74. The first-order valence-corrected chi connectivity index (χ1v) is 8.31. The van der Waals surface area contributed by atoms with Crippen molar-refractivity contribution in [2.24, 2.45) is 0 Å². The molecule has 0 bridgehead atoms. The lowest BCUT2D eigenvalue weighted by Gasteiger charge is -2.26. The van der Waals surface area contributed by atoms with Crippen LogP contribution in [0.2, 0.25) is 5.02 Å². The fraction of sp³-hybridized carbons (Fsp3) is 0.444. The van der Waals surface area contributed by atoms with E-state index >= 15 is 0 Å². The molecule has 24 heavy (non-hydrogen) atoms. The van der Waals surface area contributed by atoms with Crippen molar-refractivity contribution in [1.82, 2.24) is 4.90 Å². The summed E-state index contributed by atoms with van der Waals surface area (Å²) in [5.74, 6) is -0.332. The number of methoxy groups -OCH3 is 1. The maximum absolute atomic E-state index is 12.7. The highest BCUT2D eigenvalue weighted by atomic mass is 35.5. The van der Waals surface area contributed by atoms with E-state index in [0.29, 0.717) is 30.4 Å². The van der Waals surface area contributed by atoms with Gasteiger partial charge in [0, 0.05) is 43.4 Å². The van der Waals surface area contributed by atoms with Gasteiger partial charge in [0.25, 0.3) is 0 Å². The number of ketones is 2. The Balaban J connectivity index is 2.20. The van der Waals surface area contributed by atoms with Crippen molar-refractivity contribution in [2.45, 2.75) is 12.8 Å². The monoisotopic (exact) mass is 351 g/mol. The fourth-order valence-corrected chi connectivity index (χ4v) is 2.62. The van der Waals surface area contributed by atoms with E-state index < -0.39 is 0 Å². The summed E-state index contributed by atoms with van der Waals surface area (Å²) in [6, 6.07) is 7.12. The summed E-state index contributed by atoms with van der Waals surface area (Å²) < 4.78 is 10.2. The minimum Gasteiger partial charge on any atom is -0.384 e. The Morgan fingerprint density at radius 3 is 2.75 bits per heavy atom. The molecule has 6 heteroatoms. The number of benzene rings is 1. The summed E-state index contributed by atoms with van der Waals surface area (Å²) in [5.41, 5.74) is 1.23. The van der Waals surface area contributed by atoms with Crippen molar-refractivity contribution in [3.05, 3.63) is 41.1 Å². The highest BCUT2D eigenvalue weighted by molar-refractivity contribution is 6.31. The smallest absolute Gasteiger partial charge is 0.172 e. The van der Waals surface area contributed by atoms with Crippen LogP contribution in [0.3, 0.4) is 0 Å². The summed E-state index contributed by atoms with van der Waals surface area (Å²) in [7, 11) is 1.53. The predicted octanol–water partition coefficient (Wildman–Crippen LogP) is 2.58. The van der Waals surface area contributed by atoms with Gasteiger partial charge in [0.1, 0.15) is 5.78 Å². The highest BCUT2D eigenvalue weighted by Gasteiger charge is 2.18. The molecule has 1 saturated heterocycles. The molecule has 0 unspecified atom stereocenters. The second-order valence-electron chi connectivity index (χ2n) is 5.58. The van der Waals surface area contributed by atoms with Gasteiger partial charge in [-0.05, 0) is 17.7 Å². The summed E-state index contributed by atoms with van der Waals surface area (Å²) in [4.78, 5) is 26.6.